The number of rotatable bonds is 5. The molecule has 2 nitrogen and oxygen atoms in total. The largest absolute Gasteiger partial charge is 0.376 e. The second kappa shape index (κ2) is 6.35. The molecule has 1 aliphatic heterocycles. The predicted molar refractivity (Wildman–Crippen MR) is 75.8 cm³/mol. The quantitative estimate of drug-likeness (QED) is 0.863. The molecular weight excluding hydrogens is 222 g/mol. The number of benzene rings is 1. The standard InChI is InChI=1S/C16H25NO/c1-16(2,12-15-13-17-10-11-18-15)9-8-14-6-4-3-5-7-14/h3-7,15,17H,8-13H2,1-2H3. The van der Waals surface area contributed by atoms with Gasteiger partial charge in [-0.2, -0.15) is 0 Å². The molecule has 1 fully saturated rings. The molecule has 0 saturated carbocycles. The Labute approximate surface area is 111 Å². The van der Waals surface area contributed by atoms with Gasteiger partial charge in [0.15, 0.2) is 0 Å². The minimum absolute atomic E-state index is 0.347. The van der Waals surface area contributed by atoms with Crippen molar-refractivity contribution in [3.63, 3.8) is 0 Å². The van der Waals surface area contributed by atoms with Crippen LogP contribution in [-0.4, -0.2) is 25.8 Å². The average molecular weight is 247 g/mol. The molecule has 0 bridgehead atoms. The lowest BCUT2D eigenvalue weighted by Crippen LogP contribution is -2.40. The first-order valence-electron chi connectivity index (χ1n) is 7.02. The van der Waals surface area contributed by atoms with Crippen molar-refractivity contribution in [1.29, 1.82) is 0 Å². The van der Waals surface area contributed by atoms with E-state index in [2.05, 4.69) is 49.5 Å². The summed E-state index contributed by atoms with van der Waals surface area (Å²) >= 11 is 0. The minimum atomic E-state index is 0.347. The van der Waals surface area contributed by atoms with E-state index in [1.165, 1.54) is 12.0 Å². The molecular formula is C16H25NO. The number of nitrogens with one attached hydrogen (secondary N) is 1. The maximum Gasteiger partial charge on any atom is 0.0705 e. The molecule has 1 aromatic carbocycles. The SMILES string of the molecule is CC(C)(CCc1ccccc1)CC1CNCCO1. The zero-order valence-corrected chi connectivity index (χ0v) is 11.6. The summed E-state index contributed by atoms with van der Waals surface area (Å²) in [6.45, 7) is 7.58. The molecule has 1 N–H and O–H groups in total. The lowest BCUT2D eigenvalue weighted by Gasteiger charge is -2.32. The lowest BCUT2D eigenvalue weighted by molar-refractivity contribution is 0.000377. The molecule has 0 spiro atoms. The summed E-state index contributed by atoms with van der Waals surface area (Å²) in [5.74, 6) is 0. The number of aryl methyl sites for hydroxylation is 1. The van der Waals surface area contributed by atoms with Crippen molar-refractivity contribution < 1.29 is 4.74 Å². The molecule has 0 aromatic heterocycles. The van der Waals surface area contributed by atoms with Gasteiger partial charge in [-0.3, -0.25) is 0 Å². The third-order valence-corrected chi connectivity index (χ3v) is 3.72. The molecule has 1 saturated heterocycles. The highest BCUT2D eigenvalue weighted by Gasteiger charge is 2.24. The Hall–Kier alpha value is -0.860. The smallest absolute Gasteiger partial charge is 0.0705 e. The van der Waals surface area contributed by atoms with Gasteiger partial charge >= 0.3 is 0 Å². The molecule has 100 valence electrons. The van der Waals surface area contributed by atoms with E-state index in [-0.39, 0.29) is 0 Å². The van der Waals surface area contributed by atoms with Crippen molar-refractivity contribution in [3.8, 4) is 0 Å². The Balaban J connectivity index is 1.79. The van der Waals surface area contributed by atoms with Crippen molar-refractivity contribution in [3.05, 3.63) is 35.9 Å². The highest BCUT2D eigenvalue weighted by molar-refractivity contribution is 5.14. The number of morpholine rings is 1. The molecule has 2 heteroatoms. The molecule has 1 heterocycles. The molecule has 0 amide bonds. The van der Waals surface area contributed by atoms with Gasteiger partial charge < -0.3 is 10.1 Å². The summed E-state index contributed by atoms with van der Waals surface area (Å²) < 4.78 is 5.80. The van der Waals surface area contributed by atoms with Gasteiger partial charge in [0.05, 0.1) is 12.7 Å². The molecule has 2 rings (SSSR count). The van der Waals surface area contributed by atoms with Crippen molar-refractivity contribution >= 4 is 0 Å². The third-order valence-electron chi connectivity index (χ3n) is 3.72. The summed E-state index contributed by atoms with van der Waals surface area (Å²) in [6.07, 6.45) is 3.92. The van der Waals surface area contributed by atoms with Crippen LogP contribution in [0.5, 0.6) is 0 Å². The van der Waals surface area contributed by atoms with Gasteiger partial charge in [-0.25, -0.2) is 0 Å². The Morgan fingerprint density at radius 2 is 2.06 bits per heavy atom. The Kier molecular flexibility index (Phi) is 4.79. The maximum absolute atomic E-state index is 5.80. The van der Waals surface area contributed by atoms with Crippen LogP contribution in [0.15, 0.2) is 30.3 Å². The van der Waals surface area contributed by atoms with Crippen LogP contribution in [0.2, 0.25) is 0 Å². The van der Waals surface area contributed by atoms with Crippen LogP contribution >= 0.6 is 0 Å². The Bertz CT molecular complexity index is 341. The molecule has 1 unspecified atom stereocenters. The van der Waals surface area contributed by atoms with Crippen molar-refractivity contribution in [2.75, 3.05) is 19.7 Å². The predicted octanol–water partition coefficient (Wildman–Crippen LogP) is 3.02. The van der Waals surface area contributed by atoms with E-state index in [1.807, 2.05) is 0 Å². The number of ether oxygens (including phenoxy) is 1. The first-order chi connectivity index (χ1) is 8.66. The maximum atomic E-state index is 5.80. The van der Waals surface area contributed by atoms with E-state index < -0.39 is 0 Å². The highest BCUT2D eigenvalue weighted by Crippen LogP contribution is 2.29. The second-order valence-electron chi connectivity index (χ2n) is 6.05. The zero-order chi connectivity index (χ0) is 12.8. The first-order valence-corrected chi connectivity index (χ1v) is 7.02. The van der Waals surface area contributed by atoms with E-state index in [0.29, 0.717) is 11.5 Å². The third kappa shape index (κ3) is 4.43. The summed E-state index contributed by atoms with van der Waals surface area (Å²) in [6, 6.07) is 10.8. The molecule has 18 heavy (non-hydrogen) atoms. The van der Waals surface area contributed by atoms with Crippen LogP contribution < -0.4 is 5.32 Å². The lowest BCUT2D eigenvalue weighted by atomic mass is 9.81. The van der Waals surface area contributed by atoms with Crippen molar-refractivity contribution in [1.82, 2.24) is 5.32 Å². The van der Waals surface area contributed by atoms with Gasteiger partial charge in [-0.05, 0) is 30.2 Å². The summed E-state index contributed by atoms with van der Waals surface area (Å²) in [4.78, 5) is 0. The highest BCUT2D eigenvalue weighted by atomic mass is 16.5. The Morgan fingerprint density at radius 3 is 2.72 bits per heavy atom. The zero-order valence-electron chi connectivity index (χ0n) is 11.6. The monoisotopic (exact) mass is 247 g/mol. The van der Waals surface area contributed by atoms with E-state index in [1.54, 1.807) is 0 Å². The minimum Gasteiger partial charge on any atom is -0.376 e. The summed E-state index contributed by atoms with van der Waals surface area (Å²) in [7, 11) is 0. The van der Waals surface area contributed by atoms with Crippen LogP contribution in [-0.2, 0) is 11.2 Å². The average Bonchev–Trinajstić information content (AvgIpc) is 2.38. The fourth-order valence-electron chi connectivity index (χ4n) is 2.60. The van der Waals surface area contributed by atoms with Crippen LogP contribution in [0, 0.1) is 5.41 Å². The van der Waals surface area contributed by atoms with Crippen LogP contribution in [0.3, 0.4) is 0 Å². The Morgan fingerprint density at radius 1 is 1.28 bits per heavy atom. The fourth-order valence-corrected chi connectivity index (χ4v) is 2.60. The van der Waals surface area contributed by atoms with E-state index in [0.717, 1.165) is 32.5 Å². The fraction of sp³-hybridized carbons (Fsp3) is 0.625. The molecule has 0 aliphatic carbocycles. The normalized spacial score (nSPS) is 20.9. The van der Waals surface area contributed by atoms with Gasteiger partial charge in [-0.1, -0.05) is 44.2 Å². The summed E-state index contributed by atoms with van der Waals surface area (Å²) in [5.41, 5.74) is 1.78. The van der Waals surface area contributed by atoms with Crippen molar-refractivity contribution in [2.24, 2.45) is 5.41 Å². The molecule has 0 radical (unpaired) electrons. The number of hydrogen-bond acceptors (Lipinski definition) is 2. The van der Waals surface area contributed by atoms with Crippen LogP contribution in [0.1, 0.15) is 32.3 Å². The van der Waals surface area contributed by atoms with Gasteiger partial charge in [0.25, 0.3) is 0 Å². The van der Waals surface area contributed by atoms with Crippen molar-refractivity contribution in [2.45, 2.75) is 39.2 Å². The van der Waals surface area contributed by atoms with E-state index in [4.69, 9.17) is 4.74 Å². The summed E-state index contributed by atoms with van der Waals surface area (Å²) in [5, 5.41) is 3.41. The number of hydrogen-bond donors (Lipinski definition) is 1. The molecule has 1 atom stereocenters. The second-order valence-corrected chi connectivity index (χ2v) is 6.05. The van der Waals surface area contributed by atoms with Gasteiger partial charge in [-0.15, -0.1) is 0 Å². The van der Waals surface area contributed by atoms with Gasteiger partial charge in [0, 0.05) is 13.1 Å². The molecule has 1 aliphatic rings. The molecule has 1 aromatic rings. The van der Waals surface area contributed by atoms with E-state index >= 15 is 0 Å². The van der Waals surface area contributed by atoms with Crippen LogP contribution in [0.25, 0.3) is 0 Å². The topological polar surface area (TPSA) is 21.3 Å². The van der Waals surface area contributed by atoms with Gasteiger partial charge in [0.1, 0.15) is 0 Å². The van der Waals surface area contributed by atoms with Gasteiger partial charge in [0.2, 0.25) is 0 Å². The van der Waals surface area contributed by atoms with E-state index in [9.17, 15) is 0 Å². The van der Waals surface area contributed by atoms with Crippen LogP contribution in [0.4, 0.5) is 0 Å². The first kappa shape index (κ1) is 13.6.